The average Bonchev–Trinajstić information content (AvgIpc) is 3.83. The molecule has 0 saturated heterocycles. The van der Waals surface area contributed by atoms with E-state index in [1.807, 2.05) is 12.1 Å². The highest BCUT2D eigenvalue weighted by atomic mass is 16.5. The monoisotopic (exact) mass is 720 g/mol. The summed E-state index contributed by atoms with van der Waals surface area (Å²) < 4.78 is 9.35. The maximum absolute atomic E-state index is 6.99. The van der Waals surface area contributed by atoms with Crippen LogP contribution in [-0.4, -0.2) is 16.2 Å². The third-order valence-electron chi connectivity index (χ3n) is 11.2. The van der Waals surface area contributed by atoms with E-state index in [2.05, 4.69) is 192 Å². The Bertz CT molecular complexity index is 2850. The number of fused-ring (bicyclic) bond motifs is 7. The number of ether oxygens (including phenoxy) is 1. The number of hydrogen-bond acceptors (Lipinski definition) is 4. The molecule has 1 N–H and O–H groups in total. The molecule has 8 aromatic rings. The van der Waals surface area contributed by atoms with Crippen molar-refractivity contribution in [3.63, 3.8) is 0 Å². The van der Waals surface area contributed by atoms with Gasteiger partial charge in [0.05, 0.1) is 11.2 Å². The predicted molar refractivity (Wildman–Crippen MR) is 228 cm³/mol. The number of nitrogens with zero attached hydrogens (tertiary/aromatic N) is 3. The third kappa shape index (κ3) is 5.39. The zero-order chi connectivity index (χ0) is 37.0. The van der Waals surface area contributed by atoms with E-state index < -0.39 is 6.17 Å². The maximum Gasteiger partial charge on any atom is 0.169 e. The second-order valence-electron chi connectivity index (χ2n) is 14.5. The van der Waals surface area contributed by atoms with E-state index in [4.69, 9.17) is 14.7 Å². The lowest BCUT2D eigenvalue weighted by molar-refractivity contribution is 0.224. The second-order valence-corrected chi connectivity index (χ2v) is 14.5. The molecule has 1 aromatic heterocycles. The molecule has 56 heavy (non-hydrogen) atoms. The minimum atomic E-state index is -0.447. The molecule has 7 aromatic carbocycles. The molecule has 5 heteroatoms. The fourth-order valence-electron chi connectivity index (χ4n) is 8.63. The topological polar surface area (TPSA) is 50.9 Å². The average molecular weight is 721 g/mol. The highest BCUT2D eigenvalue weighted by Crippen LogP contribution is 2.54. The molecule has 3 unspecified atom stereocenters. The van der Waals surface area contributed by atoms with Gasteiger partial charge in [-0.15, -0.1) is 0 Å². The summed E-state index contributed by atoms with van der Waals surface area (Å²) in [5, 5.41) is 4.93. The molecule has 3 atom stereocenters. The van der Waals surface area contributed by atoms with Gasteiger partial charge in [-0.1, -0.05) is 158 Å². The van der Waals surface area contributed by atoms with Crippen molar-refractivity contribution in [3.8, 4) is 33.7 Å². The lowest BCUT2D eigenvalue weighted by Crippen LogP contribution is -2.36. The highest BCUT2D eigenvalue weighted by molar-refractivity contribution is 6.17. The summed E-state index contributed by atoms with van der Waals surface area (Å²) in [6.07, 6.45) is 3.98. The molecule has 0 radical (unpaired) electrons. The number of aliphatic imine (C=N–C) groups is 2. The number of rotatable bonds is 6. The van der Waals surface area contributed by atoms with Crippen molar-refractivity contribution < 1.29 is 4.74 Å². The first-order valence-corrected chi connectivity index (χ1v) is 19.2. The standard InChI is InChI=1S/C51H36N4O/c1-4-14-33(15-5-1)35-26-28-36(29-27-35)49-52-50(38-19-12-18-37(32-38)34-16-6-2-7-17-34)54-51(53-49)42-23-13-25-45-46(42)41-30-31-44-47(48(41)56-45)40-22-10-11-24-43(40)55(44)39-20-8-3-9-21-39/h1-32,41,48-49H,(H,52,53,54). The number of para-hydroxylation sites is 2. The van der Waals surface area contributed by atoms with Gasteiger partial charge in [0.25, 0.3) is 0 Å². The normalized spacial score (nSPS) is 17.9. The minimum Gasteiger partial charge on any atom is -0.484 e. The molecule has 11 rings (SSSR count). The summed E-state index contributed by atoms with van der Waals surface area (Å²) in [5.74, 6) is 2.45. The third-order valence-corrected chi connectivity index (χ3v) is 11.2. The van der Waals surface area contributed by atoms with Gasteiger partial charge >= 0.3 is 0 Å². The Balaban J connectivity index is 1.02. The lowest BCUT2D eigenvalue weighted by atomic mass is 9.83. The molecular weight excluding hydrogens is 685 g/mol. The van der Waals surface area contributed by atoms with Gasteiger partial charge in [-0.2, -0.15) is 0 Å². The summed E-state index contributed by atoms with van der Waals surface area (Å²) in [6.45, 7) is 0. The van der Waals surface area contributed by atoms with E-state index in [0.717, 1.165) is 67.7 Å². The molecule has 0 fully saturated rings. The molecule has 2 aliphatic heterocycles. The molecule has 0 saturated carbocycles. The van der Waals surface area contributed by atoms with Crippen molar-refractivity contribution in [2.24, 2.45) is 9.98 Å². The molecule has 1 aliphatic carbocycles. The summed E-state index contributed by atoms with van der Waals surface area (Å²) >= 11 is 0. The zero-order valence-corrected chi connectivity index (χ0v) is 30.5. The van der Waals surface area contributed by atoms with Gasteiger partial charge in [0.2, 0.25) is 0 Å². The summed E-state index contributed by atoms with van der Waals surface area (Å²) in [7, 11) is 0. The number of aromatic nitrogens is 1. The summed E-state index contributed by atoms with van der Waals surface area (Å²) in [4.78, 5) is 10.6. The molecule has 0 bridgehead atoms. The van der Waals surface area contributed by atoms with Crippen molar-refractivity contribution in [3.05, 3.63) is 222 Å². The number of benzene rings is 7. The molecule has 0 spiro atoms. The van der Waals surface area contributed by atoms with Crippen molar-refractivity contribution in [1.29, 1.82) is 0 Å². The smallest absolute Gasteiger partial charge is 0.169 e. The van der Waals surface area contributed by atoms with Gasteiger partial charge in [0, 0.05) is 39.2 Å². The van der Waals surface area contributed by atoms with Crippen molar-refractivity contribution >= 4 is 28.7 Å². The van der Waals surface area contributed by atoms with Gasteiger partial charge in [0.1, 0.15) is 23.5 Å². The van der Waals surface area contributed by atoms with Crippen LogP contribution in [0, 0.1) is 0 Å². The van der Waals surface area contributed by atoms with Gasteiger partial charge in [-0.3, -0.25) is 0 Å². The van der Waals surface area contributed by atoms with Crippen LogP contribution in [0.15, 0.2) is 198 Å². The van der Waals surface area contributed by atoms with Crippen molar-refractivity contribution in [1.82, 2.24) is 9.88 Å². The highest BCUT2D eigenvalue weighted by Gasteiger charge is 2.42. The fraction of sp³-hybridized carbons (Fsp3) is 0.0588. The molecule has 0 amide bonds. The number of amidine groups is 2. The Kier molecular flexibility index (Phi) is 7.62. The predicted octanol–water partition coefficient (Wildman–Crippen LogP) is 11.7. The largest absolute Gasteiger partial charge is 0.484 e. The summed E-state index contributed by atoms with van der Waals surface area (Å²) in [5.41, 5.74) is 13.5. The van der Waals surface area contributed by atoms with Crippen LogP contribution in [0.2, 0.25) is 0 Å². The molecule has 3 heterocycles. The first-order chi connectivity index (χ1) is 27.8. The van der Waals surface area contributed by atoms with E-state index >= 15 is 0 Å². The van der Waals surface area contributed by atoms with E-state index in [0.29, 0.717) is 0 Å². The van der Waals surface area contributed by atoms with Crippen LogP contribution in [0.25, 0.3) is 44.9 Å². The summed E-state index contributed by atoms with van der Waals surface area (Å²) in [6, 6.07) is 63.8. The van der Waals surface area contributed by atoms with Crippen LogP contribution in [0.4, 0.5) is 0 Å². The van der Waals surface area contributed by atoms with Gasteiger partial charge in [-0.25, -0.2) is 9.98 Å². The second kappa shape index (κ2) is 13.3. The molecule has 5 nitrogen and oxygen atoms in total. The number of hydrogen-bond donors (Lipinski definition) is 1. The Morgan fingerprint density at radius 3 is 1.93 bits per heavy atom. The SMILES string of the molecule is C1=CC2c3c(cccc3C3=NC(c4ccc(-c5ccccc5)cc4)N=C(c4cccc(-c5ccccc5)c4)N3)OC2c2c1n(-c1ccccc1)c1ccccc21. The Morgan fingerprint density at radius 2 is 1.14 bits per heavy atom. The lowest BCUT2D eigenvalue weighted by Gasteiger charge is -2.25. The quantitative estimate of drug-likeness (QED) is 0.186. The molecular formula is C51H36N4O. The minimum absolute atomic E-state index is 0.000518. The van der Waals surface area contributed by atoms with Crippen LogP contribution in [0.5, 0.6) is 5.75 Å². The van der Waals surface area contributed by atoms with Gasteiger partial charge in [0.15, 0.2) is 6.17 Å². The van der Waals surface area contributed by atoms with E-state index in [1.54, 1.807) is 0 Å². The first-order valence-electron chi connectivity index (χ1n) is 19.2. The van der Waals surface area contributed by atoms with Gasteiger partial charge < -0.3 is 14.6 Å². The van der Waals surface area contributed by atoms with Crippen molar-refractivity contribution in [2.75, 3.05) is 0 Å². The van der Waals surface area contributed by atoms with Crippen LogP contribution in [0.1, 0.15) is 51.7 Å². The Morgan fingerprint density at radius 1 is 0.518 bits per heavy atom. The Labute approximate surface area is 325 Å². The molecule has 3 aliphatic rings. The molecule has 266 valence electrons. The Hall–Kier alpha value is -7.24. The van der Waals surface area contributed by atoms with Crippen LogP contribution >= 0.6 is 0 Å². The maximum atomic E-state index is 6.99. The van der Waals surface area contributed by atoms with Crippen LogP contribution < -0.4 is 10.1 Å². The van der Waals surface area contributed by atoms with Crippen LogP contribution in [0.3, 0.4) is 0 Å². The van der Waals surface area contributed by atoms with E-state index in [1.165, 1.54) is 22.0 Å². The van der Waals surface area contributed by atoms with Crippen molar-refractivity contribution in [2.45, 2.75) is 18.2 Å². The van der Waals surface area contributed by atoms with Gasteiger partial charge in [-0.05, 0) is 64.2 Å². The van der Waals surface area contributed by atoms with E-state index in [-0.39, 0.29) is 12.0 Å². The van der Waals surface area contributed by atoms with E-state index in [9.17, 15) is 0 Å². The first kappa shape index (κ1) is 32.2. The number of nitrogens with one attached hydrogen (secondary N) is 1. The zero-order valence-electron chi connectivity index (χ0n) is 30.5. The van der Waals surface area contributed by atoms with Crippen LogP contribution in [-0.2, 0) is 0 Å². The fourth-order valence-corrected chi connectivity index (χ4v) is 8.63.